The summed E-state index contributed by atoms with van der Waals surface area (Å²) >= 11 is 0. The summed E-state index contributed by atoms with van der Waals surface area (Å²) in [4.78, 5) is 84.8. The summed E-state index contributed by atoms with van der Waals surface area (Å²) in [5.41, 5.74) is 6.78. The number of piperazine rings is 1. The van der Waals surface area contributed by atoms with E-state index >= 15 is 0 Å². The van der Waals surface area contributed by atoms with Gasteiger partial charge in [-0.2, -0.15) is 0 Å². The molecule has 4 saturated heterocycles. The number of likely N-dealkylation sites (N-methyl/N-ethyl adjacent to an activating group) is 1. The zero-order chi connectivity index (χ0) is 54.0. The Kier molecular flexibility index (Phi) is 25.6. The van der Waals surface area contributed by atoms with Crippen LogP contribution in [-0.2, 0) is 28.8 Å². The molecule has 4 atom stereocenters. The van der Waals surface area contributed by atoms with Crippen molar-refractivity contribution in [2.45, 2.75) is 124 Å². The Morgan fingerprint density at radius 1 is 0.649 bits per heavy atom. The summed E-state index contributed by atoms with van der Waals surface area (Å²) in [7, 11) is 1.73. The van der Waals surface area contributed by atoms with Crippen LogP contribution in [0.2, 0.25) is 0 Å². The molecule has 8 rings (SSSR count). The van der Waals surface area contributed by atoms with Gasteiger partial charge >= 0.3 is 0 Å². The number of carbonyl (C=O) groups is 6. The number of nitrogens with zero attached hydrogens (tertiary/aromatic N) is 5. The molecular weight excluding hydrogens is 937 g/mol. The van der Waals surface area contributed by atoms with Crippen LogP contribution in [0.25, 0.3) is 11.1 Å². The Morgan fingerprint density at radius 2 is 1.09 bits per heavy atom. The molecule has 0 saturated carbocycles. The van der Waals surface area contributed by atoms with Crippen LogP contribution in [-0.4, -0.2) is 127 Å². The molecule has 0 aliphatic carbocycles. The highest BCUT2D eigenvalue weighted by molar-refractivity contribution is 5.99. The van der Waals surface area contributed by atoms with E-state index in [2.05, 4.69) is 125 Å². The first kappa shape index (κ1) is 59.7. The number of benzene rings is 3. The van der Waals surface area contributed by atoms with Gasteiger partial charge in [0.25, 0.3) is 6.47 Å². The summed E-state index contributed by atoms with van der Waals surface area (Å²) < 4.78 is 0. The van der Waals surface area contributed by atoms with E-state index in [1.54, 1.807) is 16.8 Å². The molecule has 5 heterocycles. The average molecular weight is 1020 g/mol. The fraction of sp³-hybridized carbons (Fsp3) is 0.491. The molecule has 0 bridgehead atoms. The molecular formula is C57H82N10O7. The van der Waals surface area contributed by atoms with Gasteiger partial charge in [-0.15, -0.1) is 0 Å². The van der Waals surface area contributed by atoms with Gasteiger partial charge in [-0.1, -0.05) is 90.8 Å². The third-order valence-electron chi connectivity index (χ3n) is 12.8. The van der Waals surface area contributed by atoms with Gasteiger partial charge in [-0.3, -0.25) is 28.8 Å². The van der Waals surface area contributed by atoms with Gasteiger partial charge in [0.05, 0.1) is 25.2 Å². The van der Waals surface area contributed by atoms with E-state index in [4.69, 9.17) is 14.9 Å². The highest BCUT2D eigenvalue weighted by Gasteiger charge is 2.37. The van der Waals surface area contributed by atoms with E-state index in [9.17, 15) is 24.0 Å². The number of rotatable bonds is 13. The number of hydrogen-bond acceptors (Lipinski definition) is 11. The van der Waals surface area contributed by atoms with Crippen LogP contribution in [0, 0.1) is 0 Å². The number of amides is 5. The van der Waals surface area contributed by atoms with E-state index in [1.807, 2.05) is 44.3 Å². The topological polar surface area (TPSA) is 209 Å². The molecule has 74 heavy (non-hydrogen) atoms. The van der Waals surface area contributed by atoms with Gasteiger partial charge in [-0.05, 0) is 111 Å². The number of anilines is 4. The van der Waals surface area contributed by atoms with Crippen molar-refractivity contribution in [1.29, 1.82) is 0 Å². The van der Waals surface area contributed by atoms with E-state index in [0.717, 1.165) is 85.6 Å². The Hall–Kier alpha value is -6.85. The first-order chi connectivity index (χ1) is 35.9. The molecule has 3 aromatic carbocycles. The summed E-state index contributed by atoms with van der Waals surface area (Å²) in [5.74, 6) is -0.0462. The summed E-state index contributed by atoms with van der Waals surface area (Å²) in [6.07, 6.45) is 8.96. The third kappa shape index (κ3) is 16.8. The largest absolute Gasteiger partial charge is 0.483 e. The maximum absolute atomic E-state index is 13.4. The smallest absolute Gasteiger partial charge is 0.290 e. The van der Waals surface area contributed by atoms with Crippen molar-refractivity contribution in [1.82, 2.24) is 30.7 Å². The minimum absolute atomic E-state index is 0.0326. The molecule has 4 aliphatic rings. The molecule has 4 aromatic rings. The van der Waals surface area contributed by atoms with Crippen molar-refractivity contribution in [3.05, 3.63) is 102 Å². The molecule has 1 aromatic heterocycles. The van der Waals surface area contributed by atoms with Gasteiger partial charge < -0.3 is 51.3 Å². The van der Waals surface area contributed by atoms with Crippen LogP contribution in [0.15, 0.2) is 91.1 Å². The Morgan fingerprint density at radius 3 is 1.51 bits per heavy atom. The SMILES string of the molecule is CC.CCC.CCC.CNCC(=O)N1CCCC1C(=O)Nc1ccc(C2CCC(c3ccc(NC(=O)[C@@H]4CCCN4C(=O)CNC(C)=O)cc3)N2c2ccc(-c3ccc(N4CCNCC4)nc3)cc2)cc1.O=CO. The second-order valence-corrected chi connectivity index (χ2v) is 18.4. The number of carboxylic acid groups (broad SMARTS) is 1. The maximum atomic E-state index is 13.4. The summed E-state index contributed by atoms with van der Waals surface area (Å²) in [5, 5.41) is 21.8. The zero-order valence-corrected chi connectivity index (χ0v) is 45.0. The second-order valence-electron chi connectivity index (χ2n) is 18.4. The standard InChI is InChI=1S/C48H58N10O5.2C3H8.C2H6.CH2O2/c1-32(59)51-31-46(61)57-26-4-6-43(57)48(63)54-38-16-9-35(10-17-38)41-21-20-40(34-7-14-37(15-8-34)53-47(62)42-5-3-25-56(42)45(60)30-49-2)58(41)39-18-11-33(12-19-39)36-13-22-44(52-29-36)55-27-23-50-24-28-55;2*1-3-2;1-2;2-1-3/h7-19,22,29,40-43,49-50H,3-6,20-21,23-28,30-31H2,1-2H3,(H,51,59)(H,53,62)(H,54,63);2*3H2,1-2H3;1-2H3;1H,(H,2,3)/t40?,41?,42?,43-;;;;/m0..../s1. The number of pyridine rings is 1. The fourth-order valence-corrected chi connectivity index (χ4v) is 9.55. The summed E-state index contributed by atoms with van der Waals surface area (Å²) in [6, 6.07) is 27.9. The van der Waals surface area contributed by atoms with Crippen molar-refractivity contribution in [2.24, 2.45) is 0 Å². The minimum Gasteiger partial charge on any atom is -0.483 e. The van der Waals surface area contributed by atoms with Gasteiger partial charge in [0.1, 0.15) is 17.9 Å². The highest BCUT2D eigenvalue weighted by Crippen LogP contribution is 2.47. The van der Waals surface area contributed by atoms with Gasteiger partial charge in [0, 0.05) is 75.0 Å². The van der Waals surface area contributed by atoms with Crippen molar-refractivity contribution < 1.29 is 33.9 Å². The van der Waals surface area contributed by atoms with Crippen LogP contribution in [0.3, 0.4) is 0 Å². The zero-order valence-electron chi connectivity index (χ0n) is 45.0. The maximum Gasteiger partial charge on any atom is 0.290 e. The van der Waals surface area contributed by atoms with Crippen molar-refractivity contribution in [3.63, 3.8) is 0 Å². The molecule has 17 nitrogen and oxygen atoms in total. The minimum atomic E-state index is -0.592. The molecule has 4 aliphatic heterocycles. The normalized spacial score (nSPS) is 18.6. The summed E-state index contributed by atoms with van der Waals surface area (Å²) in [6.45, 7) is 18.5. The van der Waals surface area contributed by atoms with Gasteiger partial charge in [-0.25, -0.2) is 4.98 Å². The predicted octanol–water partition coefficient (Wildman–Crippen LogP) is 8.02. The van der Waals surface area contributed by atoms with Crippen LogP contribution in [0.5, 0.6) is 0 Å². The van der Waals surface area contributed by atoms with Crippen molar-refractivity contribution in [3.8, 4) is 11.1 Å². The first-order valence-electron chi connectivity index (χ1n) is 26.6. The molecule has 17 heteroatoms. The lowest BCUT2D eigenvalue weighted by molar-refractivity contribution is -0.136. The predicted molar refractivity (Wildman–Crippen MR) is 296 cm³/mol. The quantitative estimate of drug-likeness (QED) is 0.0704. The lowest BCUT2D eigenvalue weighted by atomic mass is 10.0. The Balaban J connectivity index is 0.000000995. The molecule has 4 fully saturated rings. The molecule has 5 amide bonds. The fourth-order valence-electron chi connectivity index (χ4n) is 9.55. The van der Waals surface area contributed by atoms with Gasteiger partial charge in [0.15, 0.2) is 0 Å². The lowest BCUT2D eigenvalue weighted by Gasteiger charge is -2.33. The van der Waals surface area contributed by atoms with Gasteiger partial charge in [0.2, 0.25) is 29.5 Å². The Bertz CT molecular complexity index is 2340. The van der Waals surface area contributed by atoms with E-state index in [-0.39, 0.29) is 61.2 Å². The van der Waals surface area contributed by atoms with Crippen molar-refractivity contribution in [2.75, 3.05) is 79.8 Å². The number of aromatic nitrogens is 1. The van der Waals surface area contributed by atoms with E-state index in [1.165, 1.54) is 19.8 Å². The van der Waals surface area contributed by atoms with E-state index < -0.39 is 12.1 Å². The molecule has 3 unspecified atom stereocenters. The third-order valence-corrected chi connectivity index (χ3v) is 12.8. The van der Waals surface area contributed by atoms with Crippen LogP contribution < -0.4 is 36.4 Å². The van der Waals surface area contributed by atoms with Crippen LogP contribution in [0.4, 0.5) is 22.9 Å². The number of hydrogen-bond donors (Lipinski definition) is 6. The molecule has 0 radical (unpaired) electrons. The Labute approximate surface area is 439 Å². The highest BCUT2D eigenvalue weighted by atomic mass is 16.3. The van der Waals surface area contributed by atoms with Crippen LogP contribution in [0.1, 0.15) is 123 Å². The molecule has 402 valence electrons. The van der Waals surface area contributed by atoms with Crippen molar-refractivity contribution >= 4 is 58.9 Å². The average Bonchev–Trinajstić information content (AvgIpc) is 4.22. The second kappa shape index (κ2) is 31.7. The lowest BCUT2D eigenvalue weighted by Crippen LogP contribution is -2.46. The monoisotopic (exact) mass is 1020 g/mol. The van der Waals surface area contributed by atoms with E-state index in [0.29, 0.717) is 37.3 Å². The number of nitrogens with one attached hydrogen (secondary N) is 5. The molecule has 6 N–H and O–H groups in total. The molecule has 0 spiro atoms. The number of carbonyl (C=O) groups excluding carboxylic acids is 5. The number of likely N-dealkylation sites (tertiary alicyclic amines) is 2. The first-order valence-corrected chi connectivity index (χ1v) is 26.6. The van der Waals surface area contributed by atoms with Crippen LogP contribution >= 0.6 is 0 Å².